The monoisotopic (exact) mass is 228 g/mol. The van der Waals surface area contributed by atoms with Gasteiger partial charge in [-0.25, -0.2) is 0 Å². The number of carboxylic acids is 1. The van der Waals surface area contributed by atoms with E-state index >= 15 is 0 Å². The maximum absolute atomic E-state index is 13.5. The summed E-state index contributed by atoms with van der Waals surface area (Å²) in [7, 11) is 0. The number of rotatable bonds is 4. The van der Waals surface area contributed by atoms with Crippen molar-refractivity contribution < 1.29 is 19.2 Å². The quantitative estimate of drug-likeness (QED) is 0.582. The lowest BCUT2D eigenvalue weighted by Gasteiger charge is -2.07. The summed E-state index contributed by atoms with van der Waals surface area (Å²) in [4.78, 5) is 20.0. The van der Waals surface area contributed by atoms with Crippen molar-refractivity contribution in [3.63, 3.8) is 0 Å². The van der Waals surface area contributed by atoms with Crippen LogP contribution in [0.15, 0.2) is 18.2 Å². The molecule has 0 radical (unpaired) electrons. The van der Waals surface area contributed by atoms with E-state index in [9.17, 15) is 19.3 Å². The summed E-state index contributed by atoms with van der Waals surface area (Å²) in [5.41, 5.74) is 4.44. The Balaban J connectivity index is 3.02. The van der Waals surface area contributed by atoms with Crippen molar-refractivity contribution in [2.24, 2.45) is 5.73 Å². The van der Waals surface area contributed by atoms with E-state index in [0.29, 0.717) is 0 Å². The van der Waals surface area contributed by atoms with Crippen LogP contribution in [-0.2, 0) is 11.2 Å². The van der Waals surface area contributed by atoms with Crippen molar-refractivity contribution in [1.29, 1.82) is 0 Å². The van der Waals surface area contributed by atoms with Crippen molar-refractivity contribution in [2.75, 3.05) is 0 Å². The van der Waals surface area contributed by atoms with Crippen LogP contribution in [0.2, 0.25) is 0 Å². The van der Waals surface area contributed by atoms with Crippen molar-refractivity contribution in [3.05, 3.63) is 39.7 Å². The van der Waals surface area contributed by atoms with Gasteiger partial charge in [-0.3, -0.25) is 14.9 Å². The van der Waals surface area contributed by atoms with Gasteiger partial charge in [0, 0.05) is 12.5 Å². The first-order valence-electron chi connectivity index (χ1n) is 4.33. The van der Waals surface area contributed by atoms with Gasteiger partial charge in [-0.2, -0.15) is 4.39 Å². The first-order chi connectivity index (χ1) is 7.43. The number of nitrogens with zero attached hydrogens (tertiary/aromatic N) is 1. The molecular formula is C9H9FN2O4. The summed E-state index contributed by atoms with van der Waals surface area (Å²) < 4.78 is 13.5. The van der Waals surface area contributed by atoms with E-state index in [2.05, 4.69) is 0 Å². The third-order valence-corrected chi connectivity index (χ3v) is 2.01. The molecule has 1 aromatic carbocycles. The van der Waals surface area contributed by atoms with E-state index in [1.807, 2.05) is 0 Å². The van der Waals surface area contributed by atoms with Gasteiger partial charge in [-0.15, -0.1) is 0 Å². The van der Waals surface area contributed by atoms with Crippen molar-refractivity contribution in [1.82, 2.24) is 0 Å². The fourth-order valence-corrected chi connectivity index (χ4v) is 1.19. The summed E-state index contributed by atoms with van der Waals surface area (Å²) >= 11 is 0. The van der Waals surface area contributed by atoms with Gasteiger partial charge in [0.15, 0.2) is 0 Å². The number of halogens is 1. The zero-order valence-electron chi connectivity index (χ0n) is 8.09. The third kappa shape index (κ3) is 2.51. The largest absolute Gasteiger partial charge is 0.480 e. The van der Waals surface area contributed by atoms with Gasteiger partial charge in [0.05, 0.1) is 4.92 Å². The molecule has 0 saturated carbocycles. The minimum absolute atomic E-state index is 0.0795. The van der Waals surface area contributed by atoms with Gasteiger partial charge in [0.25, 0.3) is 0 Å². The predicted molar refractivity (Wildman–Crippen MR) is 52.4 cm³/mol. The number of benzene rings is 1. The molecule has 0 heterocycles. The fourth-order valence-electron chi connectivity index (χ4n) is 1.19. The molecule has 0 amide bonds. The molecule has 0 bridgehead atoms. The first-order valence-corrected chi connectivity index (χ1v) is 4.33. The second-order valence-corrected chi connectivity index (χ2v) is 3.16. The van der Waals surface area contributed by atoms with Crippen molar-refractivity contribution in [2.45, 2.75) is 12.5 Å². The van der Waals surface area contributed by atoms with Gasteiger partial charge in [-0.1, -0.05) is 12.1 Å². The molecule has 0 saturated heterocycles. The van der Waals surface area contributed by atoms with Crippen molar-refractivity contribution in [3.8, 4) is 0 Å². The van der Waals surface area contributed by atoms with Crippen LogP contribution in [0.1, 0.15) is 5.56 Å². The molecule has 0 spiro atoms. The Morgan fingerprint density at radius 3 is 2.75 bits per heavy atom. The second kappa shape index (κ2) is 4.67. The standard InChI is InChI=1S/C9H9FN2O4/c10-8-5(4-6(11)9(13)14)2-1-3-7(8)12(15)16/h1-3,6H,4,11H2,(H,13,14). The molecule has 1 rings (SSSR count). The third-order valence-electron chi connectivity index (χ3n) is 2.01. The molecule has 0 aromatic heterocycles. The van der Waals surface area contributed by atoms with E-state index in [0.717, 1.165) is 6.07 Å². The zero-order chi connectivity index (χ0) is 12.3. The minimum atomic E-state index is -1.29. The number of nitrogens with two attached hydrogens (primary N) is 1. The number of carbonyl (C=O) groups is 1. The highest BCUT2D eigenvalue weighted by atomic mass is 19.1. The van der Waals surface area contributed by atoms with Gasteiger partial charge in [0.2, 0.25) is 5.82 Å². The highest BCUT2D eigenvalue weighted by Crippen LogP contribution is 2.20. The number of nitro groups is 1. The van der Waals surface area contributed by atoms with Crippen LogP contribution in [0.3, 0.4) is 0 Å². The Kier molecular flexibility index (Phi) is 3.51. The molecule has 7 heteroatoms. The van der Waals surface area contributed by atoms with Gasteiger partial charge in [-0.05, 0) is 5.56 Å². The topological polar surface area (TPSA) is 106 Å². The molecule has 16 heavy (non-hydrogen) atoms. The highest BCUT2D eigenvalue weighted by Gasteiger charge is 2.20. The highest BCUT2D eigenvalue weighted by molar-refractivity contribution is 5.73. The van der Waals surface area contributed by atoms with Gasteiger partial charge in [0.1, 0.15) is 6.04 Å². The molecule has 1 aromatic rings. The van der Waals surface area contributed by atoms with Crippen LogP contribution in [0.5, 0.6) is 0 Å². The van der Waals surface area contributed by atoms with E-state index < -0.39 is 28.4 Å². The van der Waals surface area contributed by atoms with Crippen LogP contribution >= 0.6 is 0 Å². The molecule has 1 atom stereocenters. The predicted octanol–water partition coefficient (Wildman–Crippen LogP) is 0.688. The summed E-state index contributed by atoms with van der Waals surface area (Å²) in [6.45, 7) is 0. The number of nitro benzene ring substituents is 1. The number of carboxylic acid groups (broad SMARTS) is 1. The number of hydrogen-bond donors (Lipinski definition) is 2. The molecular weight excluding hydrogens is 219 g/mol. The second-order valence-electron chi connectivity index (χ2n) is 3.16. The number of aliphatic carboxylic acids is 1. The van der Waals surface area contributed by atoms with E-state index in [1.54, 1.807) is 0 Å². The molecule has 86 valence electrons. The molecule has 1 unspecified atom stereocenters. The summed E-state index contributed by atoms with van der Waals surface area (Å²) in [5, 5.41) is 18.9. The first kappa shape index (κ1) is 12.1. The van der Waals surface area contributed by atoms with E-state index in [1.165, 1.54) is 12.1 Å². The zero-order valence-corrected chi connectivity index (χ0v) is 8.09. The lowest BCUT2D eigenvalue weighted by Crippen LogP contribution is -2.32. The smallest absolute Gasteiger partial charge is 0.320 e. The lowest BCUT2D eigenvalue weighted by atomic mass is 10.1. The normalized spacial score (nSPS) is 12.1. The molecule has 6 nitrogen and oxygen atoms in total. The van der Waals surface area contributed by atoms with Crippen LogP contribution < -0.4 is 5.73 Å². The van der Waals surface area contributed by atoms with Gasteiger partial charge >= 0.3 is 11.7 Å². The Morgan fingerprint density at radius 2 is 2.25 bits per heavy atom. The van der Waals surface area contributed by atoms with Gasteiger partial charge < -0.3 is 10.8 Å². The maximum Gasteiger partial charge on any atom is 0.320 e. The van der Waals surface area contributed by atoms with Crippen LogP contribution in [0.4, 0.5) is 10.1 Å². The average molecular weight is 228 g/mol. The summed E-state index contributed by atoms with van der Waals surface area (Å²) in [6.07, 6.45) is -0.289. The average Bonchev–Trinajstić information content (AvgIpc) is 2.20. The SMILES string of the molecule is NC(Cc1cccc([N+](=O)[O-])c1F)C(=O)O. The fraction of sp³-hybridized carbons (Fsp3) is 0.222. The number of hydrogen-bond acceptors (Lipinski definition) is 4. The molecule has 0 fully saturated rings. The van der Waals surface area contributed by atoms with E-state index in [4.69, 9.17) is 10.8 Å². The van der Waals surface area contributed by atoms with Crippen molar-refractivity contribution >= 4 is 11.7 Å². The summed E-state index contributed by atoms with van der Waals surface area (Å²) in [6, 6.07) is 2.28. The summed E-state index contributed by atoms with van der Waals surface area (Å²) in [5.74, 6) is -2.32. The Bertz CT molecular complexity index is 436. The molecule has 0 aliphatic heterocycles. The molecule has 3 N–H and O–H groups in total. The Hall–Kier alpha value is -2.02. The molecule has 0 aliphatic carbocycles. The van der Waals surface area contributed by atoms with Crippen LogP contribution in [0.25, 0.3) is 0 Å². The Labute approximate surface area is 89.6 Å². The van der Waals surface area contributed by atoms with E-state index in [-0.39, 0.29) is 12.0 Å². The molecule has 0 aliphatic rings. The minimum Gasteiger partial charge on any atom is -0.480 e. The lowest BCUT2D eigenvalue weighted by molar-refractivity contribution is -0.387. The van der Waals surface area contributed by atoms with Crippen LogP contribution in [-0.4, -0.2) is 22.0 Å². The Morgan fingerprint density at radius 1 is 1.62 bits per heavy atom. The maximum atomic E-state index is 13.5. The van der Waals surface area contributed by atoms with Crippen LogP contribution in [0, 0.1) is 15.9 Å².